The van der Waals surface area contributed by atoms with Crippen molar-refractivity contribution in [3.8, 4) is 0 Å². The largest absolute Gasteiger partial charge is 0.394 e. The Morgan fingerprint density at radius 2 is 0.698 bits per heavy atom. The summed E-state index contributed by atoms with van der Waals surface area (Å²) in [5.41, 5.74) is 0. The third kappa shape index (κ3) is 53.5. The first kappa shape index (κ1) is 81.6. The number of hydrogen-bond donors (Lipinski definition) is 6. The van der Waals surface area contributed by atoms with Gasteiger partial charge in [0.25, 0.3) is 0 Å². The minimum Gasteiger partial charge on any atom is -0.394 e. The Balaban J connectivity index is 2.09. The van der Waals surface area contributed by atoms with Crippen LogP contribution in [0.2, 0.25) is 0 Å². The van der Waals surface area contributed by atoms with E-state index in [2.05, 4.69) is 79.9 Å². The van der Waals surface area contributed by atoms with Crippen molar-refractivity contribution in [2.75, 3.05) is 13.2 Å². The van der Waals surface area contributed by atoms with Crippen molar-refractivity contribution in [1.29, 1.82) is 0 Å². The molecule has 1 fully saturated rings. The molecule has 7 atom stereocenters. The van der Waals surface area contributed by atoms with E-state index < -0.39 is 49.5 Å². The molecule has 0 aromatic heterocycles. The molecule has 0 saturated carbocycles. The van der Waals surface area contributed by atoms with E-state index in [1.54, 1.807) is 6.08 Å². The summed E-state index contributed by atoms with van der Waals surface area (Å²) >= 11 is 0. The number of allylic oxidation sites excluding steroid dienone is 11. The lowest BCUT2D eigenvalue weighted by atomic mass is 9.99. The van der Waals surface area contributed by atoms with Crippen LogP contribution in [0.25, 0.3) is 0 Å². The maximum Gasteiger partial charge on any atom is 0.220 e. The van der Waals surface area contributed by atoms with Crippen molar-refractivity contribution in [3.05, 3.63) is 72.9 Å². The standard InChI is InChI=1S/C77H141NO8/c1-3-5-7-9-11-13-15-17-19-21-23-25-27-29-30-31-32-33-34-35-36-37-38-39-40-41-42-43-45-47-49-51-53-55-57-59-61-63-65-67-73(81)78-70(69-85-77-76(84)75(83)74(82)72(68-79)86-77)71(80)66-64-62-60-58-56-54-52-50-48-46-44-28-26-24-22-20-18-16-14-12-10-8-6-4-2/h15,17,21,23,27,29,48,50,56,58,64,66,70-72,74-77,79-80,82-84H,3-14,16,18-20,22,24-26,28,30-47,49,51-55,57,59-63,65,67-69H2,1-2H3,(H,78,81)/b17-15-,23-21-,29-27-,50-48+,58-56+,66-64+. The van der Waals surface area contributed by atoms with E-state index >= 15 is 0 Å². The Morgan fingerprint density at radius 3 is 1.06 bits per heavy atom. The number of hydrogen-bond acceptors (Lipinski definition) is 8. The van der Waals surface area contributed by atoms with Crippen LogP contribution in [-0.4, -0.2) is 87.5 Å². The first-order valence-electron chi connectivity index (χ1n) is 37.2. The molecule has 0 bridgehead atoms. The van der Waals surface area contributed by atoms with Crippen molar-refractivity contribution in [2.45, 2.75) is 397 Å². The topological polar surface area (TPSA) is 149 Å². The molecule has 9 nitrogen and oxygen atoms in total. The van der Waals surface area contributed by atoms with Gasteiger partial charge in [0.1, 0.15) is 24.4 Å². The summed E-state index contributed by atoms with van der Waals surface area (Å²) in [6.07, 6.45) is 86.0. The number of nitrogens with one attached hydrogen (secondary N) is 1. The van der Waals surface area contributed by atoms with Crippen LogP contribution in [0.15, 0.2) is 72.9 Å². The fourth-order valence-electron chi connectivity index (χ4n) is 11.7. The number of rotatable bonds is 65. The molecule has 86 heavy (non-hydrogen) atoms. The zero-order chi connectivity index (χ0) is 62.1. The molecule has 1 rings (SSSR count). The molecule has 7 unspecified atom stereocenters. The molecule has 1 aliphatic rings. The van der Waals surface area contributed by atoms with Gasteiger partial charge < -0.3 is 40.3 Å². The third-order valence-corrected chi connectivity index (χ3v) is 17.5. The van der Waals surface area contributed by atoms with Gasteiger partial charge in [-0.2, -0.15) is 0 Å². The van der Waals surface area contributed by atoms with Crippen LogP contribution >= 0.6 is 0 Å². The molecule has 1 aliphatic heterocycles. The van der Waals surface area contributed by atoms with Crippen LogP contribution in [0.5, 0.6) is 0 Å². The van der Waals surface area contributed by atoms with Gasteiger partial charge in [-0.25, -0.2) is 0 Å². The average Bonchev–Trinajstić information content (AvgIpc) is 3.55. The smallest absolute Gasteiger partial charge is 0.220 e. The zero-order valence-corrected chi connectivity index (χ0v) is 56.3. The summed E-state index contributed by atoms with van der Waals surface area (Å²) in [5.74, 6) is -0.186. The SMILES string of the molecule is CCCCCCC/C=C\C/C=C\C/C=C\CCCCCCCCCCCCCCCCCCCCCCCCCCC(=O)NC(COC1OC(CO)C(O)C(O)C1O)C(O)/C=C/CC/C=C/CC/C=C/CCCCCCCCCCCCCCCC. The third-order valence-electron chi connectivity index (χ3n) is 17.5. The summed E-state index contributed by atoms with van der Waals surface area (Å²) in [4.78, 5) is 13.1. The molecular formula is C77H141NO8. The predicted octanol–water partition coefficient (Wildman–Crippen LogP) is 20.7. The van der Waals surface area contributed by atoms with Crippen molar-refractivity contribution < 1.29 is 39.8 Å². The highest BCUT2D eigenvalue weighted by Crippen LogP contribution is 2.23. The molecule has 1 amide bonds. The van der Waals surface area contributed by atoms with Crippen molar-refractivity contribution >= 4 is 5.91 Å². The summed E-state index contributed by atoms with van der Waals surface area (Å²) < 4.78 is 11.3. The Bertz CT molecular complexity index is 1590. The highest BCUT2D eigenvalue weighted by Gasteiger charge is 2.44. The number of aliphatic hydroxyl groups excluding tert-OH is 5. The minimum absolute atomic E-state index is 0.186. The van der Waals surface area contributed by atoms with Crippen LogP contribution in [0.3, 0.4) is 0 Å². The number of aliphatic hydroxyl groups is 5. The number of ether oxygens (including phenoxy) is 2. The molecule has 0 radical (unpaired) electrons. The van der Waals surface area contributed by atoms with E-state index in [0.29, 0.717) is 6.42 Å². The normalized spacial score (nSPS) is 18.4. The van der Waals surface area contributed by atoms with E-state index in [1.807, 2.05) is 6.08 Å². The highest BCUT2D eigenvalue weighted by molar-refractivity contribution is 5.76. The lowest BCUT2D eigenvalue weighted by Crippen LogP contribution is -2.60. The first-order chi connectivity index (χ1) is 42.3. The molecule has 1 heterocycles. The Morgan fingerprint density at radius 1 is 0.395 bits per heavy atom. The van der Waals surface area contributed by atoms with Crippen LogP contribution in [0.1, 0.15) is 354 Å². The highest BCUT2D eigenvalue weighted by atomic mass is 16.7. The molecule has 0 spiro atoms. The maximum atomic E-state index is 13.1. The average molecular weight is 1210 g/mol. The molecule has 6 N–H and O–H groups in total. The van der Waals surface area contributed by atoms with Crippen LogP contribution in [0.4, 0.5) is 0 Å². The lowest BCUT2D eigenvalue weighted by Gasteiger charge is -2.40. The van der Waals surface area contributed by atoms with Gasteiger partial charge in [-0.3, -0.25) is 4.79 Å². The Labute approximate surface area is 531 Å². The van der Waals surface area contributed by atoms with E-state index in [0.717, 1.165) is 57.8 Å². The maximum absolute atomic E-state index is 13.1. The van der Waals surface area contributed by atoms with Crippen LogP contribution < -0.4 is 5.32 Å². The van der Waals surface area contributed by atoms with E-state index in [4.69, 9.17) is 9.47 Å². The molecule has 502 valence electrons. The number of amides is 1. The Hall–Kier alpha value is -2.37. The van der Waals surface area contributed by atoms with Gasteiger partial charge >= 0.3 is 0 Å². The second-order valence-electron chi connectivity index (χ2n) is 25.7. The van der Waals surface area contributed by atoms with Gasteiger partial charge in [0.15, 0.2) is 6.29 Å². The molecule has 0 aromatic rings. The second-order valence-corrected chi connectivity index (χ2v) is 25.7. The summed E-state index contributed by atoms with van der Waals surface area (Å²) in [7, 11) is 0. The number of carbonyl (C=O) groups is 1. The fraction of sp³-hybridized carbons (Fsp3) is 0.831. The Kier molecular flexibility index (Phi) is 62.3. The van der Waals surface area contributed by atoms with Crippen molar-refractivity contribution in [1.82, 2.24) is 5.32 Å². The summed E-state index contributed by atoms with van der Waals surface area (Å²) in [6.45, 7) is 3.79. The van der Waals surface area contributed by atoms with E-state index in [-0.39, 0.29) is 12.5 Å². The van der Waals surface area contributed by atoms with Gasteiger partial charge in [0.2, 0.25) is 5.91 Å². The molecular weight excluding hydrogens is 1070 g/mol. The predicted molar refractivity (Wildman–Crippen MR) is 369 cm³/mol. The summed E-state index contributed by atoms with van der Waals surface area (Å²) in [5, 5.41) is 54.8. The van der Waals surface area contributed by atoms with E-state index in [9.17, 15) is 30.3 Å². The second kappa shape index (κ2) is 65.6. The van der Waals surface area contributed by atoms with Gasteiger partial charge in [-0.15, -0.1) is 0 Å². The molecule has 1 saturated heterocycles. The minimum atomic E-state index is -1.58. The molecule has 9 heteroatoms. The first-order valence-corrected chi connectivity index (χ1v) is 37.2. The van der Waals surface area contributed by atoms with Gasteiger partial charge in [0.05, 0.1) is 25.4 Å². The number of carbonyl (C=O) groups excluding carboxylic acids is 1. The van der Waals surface area contributed by atoms with Crippen LogP contribution in [0, 0.1) is 0 Å². The summed E-state index contributed by atoms with van der Waals surface area (Å²) in [6, 6.07) is -0.831. The van der Waals surface area contributed by atoms with Crippen molar-refractivity contribution in [2.24, 2.45) is 0 Å². The lowest BCUT2D eigenvalue weighted by molar-refractivity contribution is -0.302. The molecule has 0 aliphatic carbocycles. The molecule has 0 aromatic carbocycles. The zero-order valence-electron chi connectivity index (χ0n) is 56.3. The van der Waals surface area contributed by atoms with Gasteiger partial charge in [-0.05, 0) is 83.5 Å². The monoisotopic (exact) mass is 1210 g/mol. The quantitative estimate of drug-likeness (QED) is 0.0261. The van der Waals surface area contributed by atoms with Crippen LogP contribution in [-0.2, 0) is 14.3 Å². The fourth-order valence-corrected chi connectivity index (χ4v) is 11.7. The van der Waals surface area contributed by atoms with E-state index in [1.165, 1.54) is 276 Å². The number of unbranched alkanes of at least 4 members (excludes halogenated alkanes) is 45. The van der Waals surface area contributed by atoms with Crippen molar-refractivity contribution in [3.63, 3.8) is 0 Å². The van der Waals surface area contributed by atoms with Gasteiger partial charge in [0, 0.05) is 6.42 Å². The van der Waals surface area contributed by atoms with Gasteiger partial charge in [-0.1, -0.05) is 337 Å².